The number of ether oxygens (including phenoxy) is 1. The summed E-state index contributed by atoms with van der Waals surface area (Å²) in [6.45, 7) is 0. The van der Waals surface area contributed by atoms with Crippen LogP contribution in [0.1, 0.15) is 17.2 Å². The van der Waals surface area contributed by atoms with Gasteiger partial charge in [0.2, 0.25) is 5.96 Å². The van der Waals surface area contributed by atoms with Crippen LogP contribution in [0.15, 0.2) is 95.6 Å². The number of aliphatic imine (C=N–C) groups is 1. The van der Waals surface area contributed by atoms with Crippen LogP contribution in [0.3, 0.4) is 0 Å². The van der Waals surface area contributed by atoms with E-state index in [2.05, 4.69) is 10.3 Å². The second kappa shape index (κ2) is 9.91. The maximum atomic E-state index is 12.7. The Morgan fingerprint density at radius 1 is 0.971 bits per heavy atom. The van der Waals surface area contributed by atoms with Crippen LogP contribution in [0.5, 0.6) is 5.75 Å². The van der Waals surface area contributed by atoms with E-state index in [-0.39, 0.29) is 5.96 Å². The molecule has 0 bridgehead atoms. The molecular weight excluding hydrogens is 432 g/mol. The van der Waals surface area contributed by atoms with Crippen LogP contribution in [0.25, 0.3) is 6.08 Å². The molecule has 3 aromatic carbocycles. The Kier molecular flexibility index (Phi) is 6.59. The van der Waals surface area contributed by atoms with E-state index in [0.717, 1.165) is 16.0 Å². The molecule has 2 N–H and O–H groups in total. The Morgan fingerprint density at radius 3 is 2.18 bits per heavy atom. The van der Waals surface area contributed by atoms with Gasteiger partial charge in [-0.15, -0.1) is 0 Å². The van der Waals surface area contributed by atoms with Crippen LogP contribution in [-0.2, 0) is 0 Å². The molecule has 1 fully saturated rings. The van der Waals surface area contributed by atoms with Gasteiger partial charge in [0.1, 0.15) is 5.75 Å². The van der Waals surface area contributed by atoms with E-state index < -0.39 is 18.2 Å². The fraction of sp³-hybridized carbons (Fsp3) is 0.115. The number of carboxylic acid groups (broad SMARTS) is 1. The minimum Gasteiger partial charge on any atom is -0.497 e. The van der Waals surface area contributed by atoms with Crippen molar-refractivity contribution in [3.63, 3.8) is 0 Å². The largest absolute Gasteiger partial charge is 0.497 e. The van der Waals surface area contributed by atoms with Crippen molar-refractivity contribution in [2.75, 3.05) is 19.5 Å². The van der Waals surface area contributed by atoms with E-state index in [1.807, 2.05) is 60.7 Å². The van der Waals surface area contributed by atoms with Gasteiger partial charge in [-0.2, -0.15) is 4.99 Å². The molecule has 3 aromatic rings. The highest BCUT2D eigenvalue weighted by Gasteiger charge is 2.43. The zero-order valence-corrected chi connectivity index (χ0v) is 18.8. The summed E-state index contributed by atoms with van der Waals surface area (Å²) in [5.74, 6) is 0.688. The van der Waals surface area contributed by atoms with Gasteiger partial charge in [0, 0.05) is 12.7 Å². The number of carbonyl (C=O) groups is 2. The highest BCUT2D eigenvalue weighted by Crippen LogP contribution is 2.39. The number of carbonyl (C=O) groups excluding carboxylic acids is 1. The Hall–Kier alpha value is -4.59. The molecule has 0 aromatic heterocycles. The average molecular weight is 457 g/mol. The number of anilines is 1. The number of guanidine groups is 1. The molecule has 1 aliphatic heterocycles. The standard InChI is InChI=1S/C26H24N4O4/c1-29-23(19-13-15-21(34-2)16-14-19)22(17-18-9-5-3-6-10-18)30(26(32)33)25(29)28-24(31)27-20-11-7-4-8-12-20/h3-17,23H,1-2H3,(H,27,31)(H,32,33). The lowest BCUT2D eigenvalue weighted by Crippen LogP contribution is -2.36. The zero-order valence-electron chi connectivity index (χ0n) is 18.8. The number of nitrogens with one attached hydrogen (secondary N) is 1. The van der Waals surface area contributed by atoms with Gasteiger partial charge in [0.15, 0.2) is 0 Å². The molecule has 0 saturated carbocycles. The van der Waals surface area contributed by atoms with E-state index in [4.69, 9.17) is 4.74 Å². The van der Waals surface area contributed by atoms with Crippen molar-refractivity contribution in [1.29, 1.82) is 0 Å². The summed E-state index contributed by atoms with van der Waals surface area (Å²) in [5, 5.41) is 12.8. The summed E-state index contributed by atoms with van der Waals surface area (Å²) in [6.07, 6.45) is 0.549. The lowest BCUT2D eigenvalue weighted by Gasteiger charge is -2.21. The lowest BCUT2D eigenvalue weighted by atomic mass is 10.0. The predicted molar refractivity (Wildman–Crippen MR) is 131 cm³/mol. The first-order valence-electron chi connectivity index (χ1n) is 10.6. The Balaban J connectivity index is 1.79. The normalized spacial score (nSPS) is 17.8. The number of rotatable bonds is 4. The Labute approximate surface area is 197 Å². The summed E-state index contributed by atoms with van der Waals surface area (Å²) in [5.41, 5.74) is 2.67. The maximum Gasteiger partial charge on any atom is 0.418 e. The molecule has 0 radical (unpaired) electrons. The molecule has 4 rings (SSSR count). The molecule has 8 nitrogen and oxygen atoms in total. The van der Waals surface area contributed by atoms with Gasteiger partial charge in [-0.1, -0.05) is 60.7 Å². The highest BCUT2D eigenvalue weighted by molar-refractivity contribution is 6.06. The molecule has 1 unspecified atom stereocenters. The van der Waals surface area contributed by atoms with Gasteiger partial charge in [0.25, 0.3) is 0 Å². The van der Waals surface area contributed by atoms with E-state index in [0.29, 0.717) is 17.1 Å². The molecule has 1 atom stereocenters. The van der Waals surface area contributed by atoms with Crippen molar-refractivity contribution in [3.8, 4) is 5.75 Å². The number of hydrogen-bond acceptors (Lipinski definition) is 3. The number of hydrogen-bond donors (Lipinski definition) is 2. The molecule has 8 heteroatoms. The third-order valence-electron chi connectivity index (χ3n) is 5.40. The maximum absolute atomic E-state index is 12.7. The fourth-order valence-corrected chi connectivity index (χ4v) is 3.84. The lowest BCUT2D eigenvalue weighted by molar-refractivity contribution is 0.178. The SMILES string of the molecule is COc1ccc(C2C(=Cc3ccccc3)N(C(=O)O)C(=NC(=O)Nc3ccccc3)N2C)cc1. The van der Waals surface area contributed by atoms with E-state index in [1.54, 1.807) is 49.4 Å². The zero-order chi connectivity index (χ0) is 24.1. The number of nitrogens with zero attached hydrogens (tertiary/aromatic N) is 3. The monoisotopic (exact) mass is 456 g/mol. The molecule has 3 amide bonds. The van der Waals surface area contributed by atoms with Crippen LogP contribution in [-0.4, -0.2) is 47.1 Å². The minimum atomic E-state index is -1.24. The average Bonchev–Trinajstić information content (AvgIpc) is 3.11. The third kappa shape index (κ3) is 4.75. The van der Waals surface area contributed by atoms with Gasteiger partial charge in [-0.25, -0.2) is 14.5 Å². The van der Waals surface area contributed by atoms with E-state index >= 15 is 0 Å². The first-order chi connectivity index (χ1) is 16.5. The summed E-state index contributed by atoms with van der Waals surface area (Å²) < 4.78 is 5.26. The van der Waals surface area contributed by atoms with Crippen LogP contribution < -0.4 is 10.1 Å². The minimum absolute atomic E-state index is 0.00364. The molecule has 1 aliphatic rings. The topological polar surface area (TPSA) is 94.5 Å². The Morgan fingerprint density at radius 2 is 1.59 bits per heavy atom. The van der Waals surface area contributed by atoms with Crippen LogP contribution in [0, 0.1) is 0 Å². The number of methoxy groups -OCH3 is 1. The van der Waals surface area contributed by atoms with Crippen molar-refractivity contribution in [3.05, 3.63) is 102 Å². The molecule has 1 saturated heterocycles. The first-order valence-corrected chi connectivity index (χ1v) is 10.6. The first kappa shape index (κ1) is 22.6. The summed E-state index contributed by atoms with van der Waals surface area (Å²) >= 11 is 0. The highest BCUT2D eigenvalue weighted by atomic mass is 16.5. The summed E-state index contributed by atoms with van der Waals surface area (Å²) in [4.78, 5) is 31.9. The van der Waals surface area contributed by atoms with Crippen molar-refractivity contribution in [2.45, 2.75) is 6.04 Å². The van der Waals surface area contributed by atoms with Gasteiger partial charge in [-0.05, 0) is 41.5 Å². The van der Waals surface area contributed by atoms with Crippen LogP contribution in [0.2, 0.25) is 0 Å². The summed E-state index contributed by atoms with van der Waals surface area (Å²) in [6, 6.07) is 24.5. The number of urea groups is 1. The summed E-state index contributed by atoms with van der Waals surface area (Å²) in [7, 11) is 3.30. The second-order valence-corrected chi connectivity index (χ2v) is 7.59. The van der Waals surface area contributed by atoms with Gasteiger partial charge < -0.3 is 20.1 Å². The van der Waals surface area contributed by atoms with Crippen molar-refractivity contribution >= 4 is 29.8 Å². The molecule has 172 valence electrons. The van der Waals surface area contributed by atoms with E-state index in [9.17, 15) is 14.7 Å². The number of para-hydroxylation sites is 1. The van der Waals surface area contributed by atoms with Crippen molar-refractivity contribution in [1.82, 2.24) is 9.80 Å². The number of benzene rings is 3. The molecule has 0 aliphatic carbocycles. The van der Waals surface area contributed by atoms with Crippen molar-refractivity contribution < 1.29 is 19.4 Å². The molecule has 0 spiro atoms. The fourth-order valence-electron chi connectivity index (χ4n) is 3.84. The Bertz CT molecular complexity index is 1220. The van der Waals surface area contributed by atoms with E-state index in [1.165, 1.54) is 0 Å². The smallest absolute Gasteiger partial charge is 0.418 e. The third-order valence-corrected chi connectivity index (χ3v) is 5.40. The van der Waals surface area contributed by atoms with Gasteiger partial charge in [0.05, 0.1) is 18.8 Å². The predicted octanol–water partition coefficient (Wildman–Crippen LogP) is 5.29. The van der Waals surface area contributed by atoms with Gasteiger partial charge >= 0.3 is 12.1 Å². The van der Waals surface area contributed by atoms with Crippen LogP contribution >= 0.6 is 0 Å². The van der Waals surface area contributed by atoms with Gasteiger partial charge in [-0.3, -0.25) is 0 Å². The number of amides is 3. The molecule has 1 heterocycles. The second-order valence-electron chi connectivity index (χ2n) is 7.59. The number of likely N-dealkylation sites (N-methyl/N-ethyl adjacent to an activating group) is 1. The molecule has 34 heavy (non-hydrogen) atoms. The quantitative estimate of drug-likeness (QED) is 0.556. The molecular formula is C26H24N4O4. The van der Waals surface area contributed by atoms with Crippen LogP contribution in [0.4, 0.5) is 15.3 Å². The van der Waals surface area contributed by atoms with Crippen molar-refractivity contribution in [2.24, 2.45) is 4.99 Å².